The summed E-state index contributed by atoms with van der Waals surface area (Å²) in [6.07, 6.45) is 2.54. The van der Waals surface area contributed by atoms with Crippen molar-refractivity contribution < 1.29 is 14.3 Å². The highest BCUT2D eigenvalue weighted by Gasteiger charge is 1.93. The van der Waals surface area contributed by atoms with Gasteiger partial charge in [-0.1, -0.05) is 0 Å². The number of ether oxygens (including phenoxy) is 2. The molecule has 1 atom stereocenters. The molecular weight excluding hydrogens is 212 g/mol. The van der Waals surface area contributed by atoms with E-state index in [1.54, 1.807) is 13.8 Å². The standard InChI is InChI=1S/C7H11BrO3/c1-3-10-7(9)4-5-11-6(2)8/h4-6H,3H2,1-2H3. The maximum Gasteiger partial charge on any atom is 0.333 e. The van der Waals surface area contributed by atoms with Gasteiger partial charge in [-0.25, -0.2) is 4.79 Å². The van der Waals surface area contributed by atoms with Gasteiger partial charge < -0.3 is 9.47 Å². The van der Waals surface area contributed by atoms with Gasteiger partial charge in [0, 0.05) is 0 Å². The second-order valence-electron chi connectivity index (χ2n) is 1.73. The van der Waals surface area contributed by atoms with Crippen molar-refractivity contribution in [2.24, 2.45) is 0 Å². The lowest BCUT2D eigenvalue weighted by molar-refractivity contribution is -0.137. The number of carbonyl (C=O) groups excluding carboxylic acids is 1. The van der Waals surface area contributed by atoms with Gasteiger partial charge in [0.1, 0.15) is 5.01 Å². The monoisotopic (exact) mass is 222 g/mol. The van der Waals surface area contributed by atoms with Gasteiger partial charge in [-0.2, -0.15) is 0 Å². The lowest BCUT2D eigenvalue weighted by atomic mass is 10.6. The minimum absolute atomic E-state index is 0.0897. The molecule has 0 aliphatic rings. The molecule has 0 amide bonds. The molecule has 0 N–H and O–H groups in total. The second kappa shape index (κ2) is 6.22. The third kappa shape index (κ3) is 7.39. The van der Waals surface area contributed by atoms with E-state index in [2.05, 4.69) is 20.7 Å². The highest BCUT2D eigenvalue weighted by Crippen LogP contribution is 1.99. The number of carbonyl (C=O) groups is 1. The quantitative estimate of drug-likeness (QED) is 0.315. The van der Waals surface area contributed by atoms with Gasteiger partial charge >= 0.3 is 5.97 Å². The topological polar surface area (TPSA) is 35.5 Å². The zero-order valence-corrected chi connectivity index (χ0v) is 8.13. The van der Waals surface area contributed by atoms with Crippen molar-refractivity contribution >= 4 is 21.9 Å². The second-order valence-corrected chi connectivity index (χ2v) is 3.02. The van der Waals surface area contributed by atoms with Crippen LogP contribution in [0.2, 0.25) is 0 Å². The Bertz CT molecular complexity index is 143. The molecule has 0 bridgehead atoms. The van der Waals surface area contributed by atoms with E-state index in [1.807, 2.05) is 0 Å². The predicted octanol–water partition coefficient (Wildman–Crippen LogP) is 1.82. The number of esters is 1. The van der Waals surface area contributed by atoms with E-state index in [0.717, 1.165) is 0 Å². The van der Waals surface area contributed by atoms with Crippen LogP contribution >= 0.6 is 15.9 Å². The van der Waals surface area contributed by atoms with Crippen LogP contribution in [0.3, 0.4) is 0 Å². The molecule has 0 radical (unpaired) electrons. The van der Waals surface area contributed by atoms with Crippen LogP contribution in [0.5, 0.6) is 0 Å². The Balaban J connectivity index is 3.48. The Kier molecular flexibility index (Phi) is 5.93. The Morgan fingerprint density at radius 3 is 2.82 bits per heavy atom. The van der Waals surface area contributed by atoms with Gasteiger partial charge in [-0.3, -0.25) is 0 Å². The molecule has 0 fully saturated rings. The molecule has 64 valence electrons. The largest absolute Gasteiger partial charge is 0.487 e. The summed E-state index contributed by atoms with van der Waals surface area (Å²) in [6, 6.07) is 0. The smallest absolute Gasteiger partial charge is 0.333 e. The number of hydrogen-bond acceptors (Lipinski definition) is 3. The van der Waals surface area contributed by atoms with Crippen LogP contribution in [0.4, 0.5) is 0 Å². The van der Waals surface area contributed by atoms with Crippen molar-refractivity contribution in [3.63, 3.8) is 0 Å². The molecule has 0 heterocycles. The van der Waals surface area contributed by atoms with E-state index in [9.17, 15) is 4.79 Å². The fraction of sp³-hybridized carbons (Fsp3) is 0.571. The maximum absolute atomic E-state index is 10.6. The van der Waals surface area contributed by atoms with Crippen molar-refractivity contribution in [2.75, 3.05) is 6.61 Å². The van der Waals surface area contributed by atoms with Gasteiger partial charge in [0.2, 0.25) is 0 Å². The first-order chi connectivity index (χ1) is 5.16. The van der Waals surface area contributed by atoms with E-state index in [0.29, 0.717) is 6.61 Å². The Labute approximate surface area is 74.5 Å². The van der Waals surface area contributed by atoms with Crippen molar-refractivity contribution in [2.45, 2.75) is 18.9 Å². The maximum atomic E-state index is 10.6. The molecule has 11 heavy (non-hydrogen) atoms. The highest BCUT2D eigenvalue weighted by atomic mass is 79.9. The highest BCUT2D eigenvalue weighted by molar-refractivity contribution is 9.09. The molecule has 4 heteroatoms. The summed E-state index contributed by atoms with van der Waals surface area (Å²) < 4.78 is 9.50. The first-order valence-corrected chi connectivity index (χ1v) is 4.21. The molecule has 0 aromatic carbocycles. The van der Waals surface area contributed by atoms with Gasteiger partial charge in [-0.15, -0.1) is 0 Å². The van der Waals surface area contributed by atoms with Crippen molar-refractivity contribution in [3.05, 3.63) is 12.3 Å². The summed E-state index contributed by atoms with van der Waals surface area (Å²) >= 11 is 3.14. The normalized spacial score (nSPS) is 13.0. The van der Waals surface area contributed by atoms with Gasteiger partial charge in [0.15, 0.2) is 0 Å². The summed E-state index contributed by atoms with van der Waals surface area (Å²) in [5.74, 6) is -0.388. The van der Waals surface area contributed by atoms with E-state index in [-0.39, 0.29) is 11.0 Å². The van der Waals surface area contributed by atoms with Crippen LogP contribution in [0.15, 0.2) is 12.3 Å². The van der Waals surface area contributed by atoms with E-state index in [4.69, 9.17) is 4.74 Å². The van der Waals surface area contributed by atoms with Gasteiger partial charge in [0.25, 0.3) is 0 Å². The third-order valence-corrected chi connectivity index (χ3v) is 0.973. The van der Waals surface area contributed by atoms with Gasteiger partial charge in [-0.05, 0) is 29.8 Å². The van der Waals surface area contributed by atoms with Crippen LogP contribution in [-0.2, 0) is 14.3 Å². The van der Waals surface area contributed by atoms with Crippen molar-refractivity contribution in [1.29, 1.82) is 0 Å². The lowest BCUT2D eigenvalue weighted by Crippen LogP contribution is -2.00. The predicted molar refractivity (Wildman–Crippen MR) is 45.2 cm³/mol. The summed E-state index contributed by atoms with van der Waals surface area (Å²) in [5.41, 5.74) is 0. The fourth-order valence-corrected chi connectivity index (χ4v) is 0.518. The zero-order valence-electron chi connectivity index (χ0n) is 6.54. The summed E-state index contributed by atoms with van der Waals surface area (Å²) in [5, 5.41) is -0.0897. The molecule has 1 unspecified atom stereocenters. The van der Waals surface area contributed by atoms with Crippen LogP contribution in [0.25, 0.3) is 0 Å². The SMILES string of the molecule is CCOC(=O)C=COC(C)Br. The van der Waals surface area contributed by atoms with E-state index < -0.39 is 0 Å². The van der Waals surface area contributed by atoms with Crippen molar-refractivity contribution in [1.82, 2.24) is 0 Å². The molecule has 0 spiro atoms. The number of alkyl halides is 1. The Hall–Kier alpha value is -0.510. The first-order valence-electron chi connectivity index (χ1n) is 3.29. The Morgan fingerprint density at radius 1 is 1.73 bits per heavy atom. The molecule has 0 saturated carbocycles. The Morgan fingerprint density at radius 2 is 2.36 bits per heavy atom. The minimum atomic E-state index is -0.388. The molecule has 0 aliphatic carbocycles. The molecule has 0 aliphatic heterocycles. The summed E-state index contributed by atoms with van der Waals surface area (Å²) in [7, 11) is 0. The zero-order chi connectivity index (χ0) is 8.69. The fourth-order valence-electron chi connectivity index (χ4n) is 0.393. The molecular formula is C7H11BrO3. The molecule has 0 aromatic heterocycles. The summed E-state index contributed by atoms with van der Waals surface area (Å²) in [4.78, 5) is 10.6. The van der Waals surface area contributed by atoms with Crippen LogP contribution in [-0.4, -0.2) is 17.6 Å². The molecule has 3 nitrogen and oxygen atoms in total. The number of halogens is 1. The number of rotatable bonds is 4. The van der Waals surface area contributed by atoms with Crippen LogP contribution in [0, 0.1) is 0 Å². The lowest BCUT2D eigenvalue weighted by Gasteiger charge is -2.00. The van der Waals surface area contributed by atoms with E-state index >= 15 is 0 Å². The first kappa shape index (κ1) is 10.5. The van der Waals surface area contributed by atoms with Gasteiger partial charge in [0.05, 0.1) is 18.9 Å². The van der Waals surface area contributed by atoms with Crippen LogP contribution in [0.1, 0.15) is 13.8 Å². The molecule has 0 aromatic rings. The molecule has 0 saturated heterocycles. The third-order valence-electron chi connectivity index (χ3n) is 0.757. The minimum Gasteiger partial charge on any atom is -0.487 e. The van der Waals surface area contributed by atoms with Crippen molar-refractivity contribution in [3.8, 4) is 0 Å². The average Bonchev–Trinajstić information content (AvgIpc) is 1.87. The summed E-state index contributed by atoms with van der Waals surface area (Å²) in [6.45, 7) is 3.93. The van der Waals surface area contributed by atoms with Crippen LogP contribution < -0.4 is 0 Å². The number of hydrogen-bond donors (Lipinski definition) is 0. The molecule has 0 rings (SSSR count). The average molecular weight is 223 g/mol. The van der Waals surface area contributed by atoms with E-state index in [1.165, 1.54) is 12.3 Å².